The van der Waals surface area contributed by atoms with Crippen LogP contribution in [0.15, 0.2) is 0 Å². The van der Waals surface area contributed by atoms with E-state index in [1.165, 1.54) is 193 Å². The Balaban J connectivity index is 4.23. The van der Waals surface area contributed by atoms with Crippen LogP contribution in [0.2, 0.25) is 0 Å². The Morgan fingerprint density at radius 1 is 0.534 bits per heavy atom. The monoisotopic (exact) mass is 845 g/mol. The van der Waals surface area contributed by atoms with Crippen LogP contribution < -0.4 is 10.2 Å². The molecular weight excluding hydrogens is 744 g/mol. The van der Waals surface area contributed by atoms with E-state index in [0.717, 1.165) is 38.5 Å². The van der Waals surface area contributed by atoms with Crippen molar-refractivity contribution in [3.63, 3.8) is 0 Å². The molecule has 0 bridgehead atoms. The highest BCUT2D eigenvalue weighted by atomic mass is 31.2. The van der Waals surface area contributed by atoms with Crippen molar-refractivity contribution in [2.45, 2.75) is 270 Å². The van der Waals surface area contributed by atoms with Crippen LogP contribution in [-0.2, 0) is 18.4 Å². The van der Waals surface area contributed by atoms with Gasteiger partial charge in [-0.05, 0) is 12.8 Å². The number of carbonyl (C=O) groups excluding carboxylic acids is 1. The fourth-order valence-corrected chi connectivity index (χ4v) is 8.53. The molecule has 0 aromatic rings. The maximum absolute atomic E-state index is 12.9. The molecule has 348 valence electrons. The fourth-order valence-electron chi connectivity index (χ4n) is 7.81. The summed E-state index contributed by atoms with van der Waals surface area (Å²) in [6.07, 6.45) is 46.8. The summed E-state index contributed by atoms with van der Waals surface area (Å²) in [6.45, 7) is 4.76. The zero-order valence-corrected chi connectivity index (χ0v) is 40.4. The van der Waals surface area contributed by atoms with E-state index in [4.69, 9.17) is 9.05 Å². The standard InChI is InChI=1S/C49H101N2O6P/c1-6-8-10-12-14-16-18-20-22-24-25-26-27-28-30-32-34-36-38-40-42-48(52)47(46-57-58(54,55)56-45-44-51(3,4)5)50-49(53)43-41-39-37-35-33-31-29-23-21-19-17-15-13-11-9-7-2/h47-48,52H,6-46H2,1-5H3,(H-,50,53,54,55). The minimum atomic E-state index is -4.56. The van der Waals surface area contributed by atoms with E-state index in [1.54, 1.807) is 0 Å². The first-order valence-electron chi connectivity index (χ1n) is 25.4. The molecule has 0 radical (unpaired) electrons. The lowest BCUT2D eigenvalue weighted by atomic mass is 10.0. The van der Waals surface area contributed by atoms with Crippen LogP contribution in [0.25, 0.3) is 0 Å². The van der Waals surface area contributed by atoms with Gasteiger partial charge in [-0.25, -0.2) is 0 Å². The lowest BCUT2D eigenvalue weighted by Crippen LogP contribution is -2.46. The first kappa shape index (κ1) is 57.5. The molecule has 9 heteroatoms. The average molecular weight is 845 g/mol. The number of rotatable bonds is 47. The SMILES string of the molecule is CCCCCCCCCCCCCCCCCCCCCCC(O)C(COP(=O)([O-])OCC[N+](C)(C)C)NC(=O)CCCCCCCCCCCCCCCCCC. The summed E-state index contributed by atoms with van der Waals surface area (Å²) in [6, 6.07) is -0.793. The first-order valence-corrected chi connectivity index (χ1v) is 26.8. The minimum Gasteiger partial charge on any atom is -0.756 e. The number of carbonyl (C=O) groups is 1. The number of aliphatic hydroxyl groups is 1. The maximum Gasteiger partial charge on any atom is 0.268 e. The second-order valence-corrected chi connectivity index (χ2v) is 20.3. The summed E-state index contributed by atoms with van der Waals surface area (Å²) in [7, 11) is 1.32. The second-order valence-electron chi connectivity index (χ2n) is 18.9. The number of nitrogens with zero attached hydrogens (tertiary/aromatic N) is 1. The van der Waals surface area contributed by atoms with Crippen molar-refractivity contribution >= 4 is 13.7 Å². The molecule has 8 nitrogen and oxygen atoms in total. The molecule has 0 spiro atoms. The Kier molecular flexibility index (Phi) is 41.5. The molecule has 1 amide bonds. The number of nitrogens with one attached hydrogen (secondary N) is 1. The molecule has 0 rings (SSSR count). The lowest BCUT2D eigenvalue weighted by molar-refractivity contribution is -0.870. The molecular formula is C49H101N2O6P. The number of unbranched alkanes of at least 4 members (excludes halogenated alkanes) is 34. The highest BCUT2D eigenvalue weighted by Gasteiger charge is 2.24. The van der Waals surface area contributed by atoms with Gasteiger partial charge in [0.2, 0.25) is 5.91 Å². The maximum atomic E-state index is 12.9. The van der Waals surface area contributed by atoms with Gasteiger partial charge in [0.1, 0.15) is 13.2 Å². The van der Waals surface area contributed by atoms with Crippen LogP contribution in [0.3, 0.4) is 0 Å². The number of likely N-dealkylation sites (N-methyl/N-ethyl adjacent to an activating group) is 1. The average Bonchev–Trinajstić information content (AvgIpc) is 3.17. The fraction of sp³-hybridized carbons (Fsp3) is 0.980. The van der Waals surface area contributed by atoms with Crippen molar-refractivity contribution in [1.29, 1.82) is 0 Å². The van der Waals surface area contributed by atoms with Crippen molar-refractivity contribution in [2.75, 3.05) is 40.9 Å². The van der Waals surface area contributed by atoms with Gasteiger partial charge in [0, 0.05) is 6.42 Å². The number of hydrogen-bond acceptors (Lipinski definition) is 6. The molecule has 3 atom stereocenters. The van der Waals surface area contributed by atoms with Gasteiger partial charge in [-0.15, -0.1) is 0 Å². The summed E-state index contributed by atoms with van der Waals surface area (Å²) >= 11 is 0. The van der Waals surface area contributed by atoms with Gasteiger partial charge >= 0.3 is 0 Å². The minimum absolute atomic E-state index is 0.0164. The van der Waals surface area contributed by atoms with Crippen LogP contribution in [0.5, 0.6) is 0 Å². The van der Waals surface area contributed by atoms with E-state index < -0.39 is 20.0 Å². The Morgan fingerprint density at radius 2 is 0.845 bits per heavy atom. The molecule has 0 aromatic carbocycles. The van der Waals surface area contributed by atoms with Gasteiger partial charge in [0.25, 0.3) is 7.82 Å². The molecule has 0 aliphatic carbocycles. The van der Waals surface area contributed by atoms with E-state index in [1.807, 2.05) is 21.1 Å². The van der Waals surface area contributed by atoms with E-state index in [0.29, 0.717) is 23.9 Å². The first-order chi connectivity index (χ1) is 28.0. The van der Waals surface area contributed by atoms with Crippen LogP contribution in [-0.4, -0.2) is 68.5 Å². The molecule has 3 unspecified atom stereocenters. The van der Waals surface area contributed by atoms with Crippen molar-refractivity contribution < 1.29 is 32.9 Å². The highest BCUT2D eigenvalue weighted by Crippen LogP contribution is 2.38. The zero-order chi connectivity index (χ0) is 42.8. The van der Waals surface area contributed by atoms with E-state index in [2.05, 4.69) is 19.2 Å². The van der Waals surface area contributed by atoms with Gasteiger partial charge in [0.05, 0.1) is 39.9 Å². The van der Waals surface area contributed by atoms with E-state index in [-0.39, 0.29) is 19.1 Å². The predicted octanol–water partition coefficient (Wildman–Crippen LogP) is 13.9. The van der Waals surface area contributed by atoms with Crippen molar-refractivity contribution in [2.24, 2.45) is 0 Å². The van der Waals surface area contributed by atoms with Crippen LogP contribution in [0, 0.1) is 0 Å². The number of phosphoric acid groups is 1. The smallest absolute Gasteiger partial charge is 0.268 e. The highest BCUT2D eigenvalue weighted by molar-refractivity contribution is 7.45. The Bertz CT molecular complexity index is 916. The largest absolute Gasteiger partial charge is 0.756 e. The number of phosphoric ester groups is 1. The Morgan fingerprint density at radius 3 is 1.17 bits per heavy atom. The van der Waals surface area contributed by atoms with Crippen molar-refractivity contribution in [3.05, 3.63) is 0 Å². The summed E-state index contributed by atoms with van der Waals surface area (Å²) in [5.74, 6) is -0.159. The van der Waals surface area contributed by atoms with Crippen molar-refractivity contribution in [3.8, 4) is 0 Å². The molecule has 0 aromatic heterocycles. The van der Waals surface area contributed by atoms with E-state index in [9.17, 15) is 19.4 Å². The Labute approximate surface area is 361 Å². The van der Waals surface area contributed by atoms with Gasteiger partial charge in [0.15, 0.2) is 0 Å². The van der Waals surface area contributed by atoms with E-state index >= 15 is 0 Å². The number of amides is 1. The van der Waals surface area contributed by atoms with Gasteiger partial charge in [-0.3, -0.25) is 9.36 Å². The Hall–Kier alpha value is -0.500. The second kappa shape index (κ2) is 41.8. The lowest BCUT2D eigenvalue weighted by Gasteiger charge is -2.30. The number of quaternary nitrogens is 1. The molecule has 0 fully saturated rings. The number of hydrogen-bond donors (Lipinski definition) is 2. The van der Waals surface area contributed by atoms with Crippen LogP contribution in [0.4, 0.5) is 0 Å². The molecule has 0 saturated heterocycles. The quantitative estimate of drug-likeness (QED) is 0.0359. The summed E-state index contributed by atoms with van der Waals surface area (Å²) in [5, 5.41) is 14.0. The third-order valence-electron chi connectivity index (χ3n) is 11.8. The molecule has 0 heterocycles. The molecule has 2 N–H and O–H groups in total. The molecule has 0 saturated carbocycles. The van der Waals surface area contributed by atoms with Gasteiger partial charge < -0.3 is 28.8 Å². The van der Waals surface area contributed by atoms with Crippen molar-refractivity contribution in [1.82, 2.24) is 5.32 Å². The van der Waals surface area contributed by atoms with Gasteiger partial charge in [-0.2, -0.15) is 0 Å². The summed E-state index contributed by atoms with van der Waals surface area (Å²) in [5.41, 5.74) is 0. The zero-order valence-electron chi connectivity index (χ0n) is 39.5. The van der Waals surface area contributed by atoms with Crippen LogP contribution >= 0.6 is 7.82 Å². The molecule has 0 aliphatic heterocycles. The molecule has 0 aliphatic rings. The normalized spacial score (nSPS) is 14.1. The number of aliphatic hydroxyl groups excluding tert-OH is 1. The molecule has 58 heavy (non-hydrogen) atoms. The topological polar surface area (TPSA) is 108 Å². The van der Waals surface area contributed by atoms with Gasteiger partial charge in [-0.1, -0.05) is 239 Å². The predicted molar refractivity (Wildman–Crippen MR) is 247 cm³/mol. The van der Waals surface area contributed by atoms with Crippen LogP contribution in [0.1, 0.15) is 258 Å². The summed E-state index contributed by atoms with van der Waals surface area (Å²) in [4.78, 5) is 25.4. The summed E-state index contributed by atoms with van der Waals surface area (Å²) < 4.78 is 23.3. The third-order valence-corrected chi connectivity index (χ3v) is 12.8. The third kappa shape index (κ3) is 43.6.